The van der Waals surface area contributed by atoms with Crippen LogP contribution in [-0.2, 0) is 0 Å². The van der Waals surface area contributed by atoms with Gasteiger partial charge in [0.05, 0.1) is 5.56 Å². The molecule has 0 spiro atoms. The average Bonchev–Trinajstić information content (AvgIpc) is 2.46. The molecular weight excluding hydrogens is 321 g/mol. The van der Waals surface area contributed by atoms with Crippen LogP contribution in [0.4, 0.5) is 4.39 Å². The maximum Gasteiger partial charge on any atom is 0.255 e. The van der Waals surface area contributed by atoms with Crippen LogP contribution in [-0.4, -0.2) is 23.9 Å². The minimum atomic E-state index is -0.320. The molecule has 2 aliphatic rings. The molecule has 1 heterocycles. The van der Waals surface area contributed by atoms with Crippen molar-refractivity contribution in [2.45, 2.75) is 32.1 Å². The van der Waals surface area contributed by atoms with Gasteiger partial charge >= 0.3 is 0 Å². The van der Waals surface area contributed by atoms with Crippen molar-refractivity contribution in [1.29, 1.82) is 0 Å². The Kier molecular flexibility index (Phi) is 4.11. The van der Waals surface area contributed by atoms with E-state index in [1.54, 1.807) is 6.07 Å². The van der Waals surface area contributed by atoms with Gasteiger partial charge < -0.3 is 4.90 Å². The zero-order valence-electron chi connectivity index (χ0n) is 11.4. The van der Waals surface area contributed by atoms with Crippen molar-refractivity contribution in [1.82, 2.24) is 4.90 Å². The number of carbonyl (C=O) groups is 1. The van der Waals surface area contributed by atoms with Crippen molar-refractivity contribution in [2.24, 2.45) is 11.8 Å². The van der Waals surface area contributed by atoms with E-state index in [-0.39, 0.29) is 11.7 Å². The Bertz CT molecular complexity index is 519. The molecule has 0 N–H and O–H groups in total. The summed E-state index contributed by atoms with van der Waals surface area (Å²) in [5.74, 6) is 1.19. The quantitative estimate of drug-likeness (QED) is 0.749. The molecule has 1 aliphatic carbocycles. The summed E-state index contributed by atoms with van der Waals surface area (Å²) in [5.41, 5.74) is 0.570. The van der Waals surface area contributed by atoms with Gasteiger partial charge in [-0.3, -0.25) is 4.79 Å². The number of likely N-dealkylation sites (tertiary alicyclic amines) is 1. The number of piperidine rings is 1. The van der Waals surface area contributed by atoms with Crippen molar-refractivity contribution in [3.63, 3.8) is 0 Å². The fourth-order valence-corrected chi connectivity index (χ4v) is 4.14. The fraction of sp³-hybridized carbons (Fsp3) is 0.562. The van der Waals surface area contributed by atoms with Gasteiger partial charge in [0.1, 0.15) is 5.82 Å². The first kappa shape index (κ1) is 14.1. The lowest BCUT2D eigenvalue weighted by Crippen LogP contribution is -2.44. The summed E-state index contributed by atoms with van der Waals surface area (Å²) in [6.45, 7) is 1.71. The Labute approximate surface area is 127 Å². The number of rotatable bonds is 1. The Morgan fingerprint density at radius 3 is 2.70 bits per heavy atom. The normalized spacial score (nSPS) is 26.2. The molecule has 1 aromatic rings. The summed E-state index contributed by atoms with van der Waals surface area (Å²) in [6, 6.07) is 4.29. The molecule has 108 valence electrons. The van der Waals surface area contributed by atoms with Crippen LogP contribution in [0.5, 0.6) is 0 Å². The van der Waals surface area contributed by atoms with Crippen LogP contribution in [0, 0.1) is 17.7 Å². The van der Waals surface area contributed by atoms with Gasteiger partial charge in [-0.05, 0) is 58.8 Å². The van der Waals surface area contributed by atoms with Crippen LogP contribution in [0.3, 0.4) is 0 Å². The number of nitrogens with zero attached hydrogens (tertiary/aromatic N) is 1. The van der Waals surface area contributed by atoms with Crippen molar-refractivity contribution in [3.05, 3.63) is 34.1 Å². The topological polar surface area (TPSA) is 20.3 Å². The highest BCUT2D eigenvalue weighted by Gasteiger charge is 2.33. The summed E-state index contributed by atoms with van der Waals surface area (Å²) in [5, 5.41) is 0. The van der Waals surface area contributed by atoms with E-state index in [9.17, 15) is 9.18 Å². The number of carbonyl (C=O) groups excluding carboxylic acids is 1. The Hall–Kier alpha value is -0.900. The molecule has 2 nitrogen and oxygen atoms in total. The van der Waals surface area contributed by atoms with Crippen LogP contribution in [0.15, 0.2) is 22.7 Å². The molecular formula is C16H19BrFNO. The number of halogens is 2. The standard InChI is InChI=1S/C16H19BrFNO/c17-15-9-13(18)5-6-14(15)16(20)19-8-7-11-3-1-2-4-12(11)10-19/h5-6,9,11-12H,1-4,7-8,10H2/t11-,12+/m0/s1. The van der Waals surface area contributed by atoms with Gasteiger partial charge in [-0.1, -0.05) is 19.3 Å². The first-order valence-corrected chi connectivity index (χ1v) is 8.19. The number of hydrogen-bond acceptors (Lipinski definition) is 1. The lowest BCUT2D eigenvalue weighted by atomic mass is 9.75. The van der Waals surface area contributed by atoms with Gasteiger partial charge in [0.15, 0.2) is 0 Å². The molecule has 1 saturated heterocycles. The minimum Gasteiger partial charge on any atom is -0.338 e. The Morgan fingerprint density at radius 2 is 1.95 bits per heavy atom. The van der Waals surface area contributed by atoms with Gasteiger partial charge in [-0.15, -0.1) is 0 Å². The van der Waals surface area contributed by atoms with Crippen LogP contribution in [0.2, 0.25) is 0 Å². The molecule has 4 heteroatoms. The van der Waals surface area contributed by atoms with E-state index < -0.39 is 0 Å². The summed E-state index contributed by atoms with van der Waals surface area (Å²) in [4.78, 5) is 14.5. The predicted molar refractivity (Wildman–Crippen MR) is 80.1 cm³/mol. The summed E-state index contributed by atoms with van der Waals surface area (Å²) in [6.07, 6.45) is 6.34. The smallest absolute Gasteiger partial charge is 0.255 e. The molecule has 1 amide bonds. The van der Waals surface area contributed by atoms with Crippen LogP contribution >= 0.6 is 15.9 Å². The molecule has 1 aliphatic heterocycles. The predicted octanol–water partition coefficient (Wildman–Crippen LogP) is 4.24. The highest BCUT2D eigenvalue weighted by molar-refractivity contribution is 9.10. The molecule has 0 radical (unpaired) electrons. The van der Waals surface area contributed by atoms with Gasteiger partial charge in [0.25, 0.3) is 5.91 Å². The molecule has 2 fully saturated rings. The van der Waals surface area contributed by atoms with Crippen molar-refractivity contribution < 1.29 is 9.18 Å². The van der Waals surface area contributed by atoms with E-state index >= 15 is 0 Å². The SMILES string of the molecule is O=C(c1ccc(F)cc1Br)N1CC[C@@H]2CCCC[C@@H]2C1. The van der Waals surface area contributed by atoms with E-state index in [4.69, 9.17) is 0 Å². The third-order valence-electron chi connectivity index (χ3n) is 4.74. The second kappa shape index (κ2) is 5.84. The Balaban J connectivity index is 1.74. The maximum atomic E-state index is 13.1. The van der Waals surface area contributed by atoms with Crippen molar-refractivity contribution in [3.8, 4) is 0 Å². The molecule has 1 aromatic carbocycles. The minimum absolute atomic E-state index is 0.0286. The lowest BCUT2D eigenvalue weighted by molar-refractivity contribution is 0.0520. The molecule has 3 rings (SSSR count). The highest BCUT2D eigenvalue weighted by Crippen LogP contribution is 2.36. The third kappa shape index (κ3) is 2.76. The second-order valence-electron chi connectivity index (χ2n) is 5.97. The van der Waals surface area contributed by atoms with E-state index in [0.29, 0.717) is 16.0 Å². The molecule has 0 unspecified atom stereocenters. The van der Waals surface area contributed by atoms with Crippen LogP contribution in [0.25, 0.3) is 0 Å². The van der Waals surface area contributed by atoms with E-state index in [1.807, 2.05) is 4.90 Å². The first-order valence-electron chi connectivity index (χ1n) is 7.39. The van der Waals surface area contributed by atoms with Crippen LogP contribution in [0.1, 0.15) is 42.5 Å². The Morgan fingerprint density at radius 1 is 1.20 bits per heavy atom. The van der Waals surface area contributed by atoms with Gasteiger partial charge in [0.2, 0.25) is 0 Å². The zero-order chi connectivity index (χ0) is 14.1. The number of fused-ring (bicyclic) bond motifs is 1. The van der Waals surface area contributed by atoms with E-state index in [1.165, 1.54) is 37.8 Å². The monoisotopic (exact) mass is 339 g/mol. The maximum absolute atomic E-state index is 13.1. The number of benzene rings is 1. The molecule has 1 saturated carbocycles. The average molecular weight is 340 g/mol. The van der Waals surface area contributed by atoms with Gasteiger partial charge in [0, 0.05) is 17.6 Å². The highest BCUT2D eigenvalue weighted by atomic mass is 79.9. The first-order chi connectivity index (χ1) is 9.65. The summed E-state index contributed by atoms with van der Waals surface area (Å²) in [7, 11) is 0. The van der Waals surface area contributed by atoms with Crippen molar-refractivity contribution >= 4 is 21.8 Å². The third-order valence-corrected chi connectivity index (χ3v) is 5.40. The summed E-state index contributed by atoms with van der Waals surface area (Å²) >= 11 is 3.30. The number of amides is 1. The van der Waals surface area contributed by atoms with E-state index in [2.05, 4.69) is 15.9 Å². The van der Waals surface area contributed by atoms with Crippen LogP contribution < -0.4 is 0 Å². The van der Waals surface area contributed by atoms with Crippen molar-refractivity contribution in [2.75, 3.05) is 13.1 Å². The van der Waals surface area contributed by atoms with E-state index in [0.717, 1.165) is 25.4 Å². The van der Waals surface area contributed by atoms with Gasteiger partial charge in [-0.2, -0.15) is 0 Å². The molecule has 2 atom stereocenters. The fourth-order valence-electron chi connectivity index (χ4n) is 3.62. The lowest BCUT2D eigenvalue weighted by Gasteiger charge is -2.41. The molecule has 20 heavy (non-hydrogen) atoms. The largest absolute Gasteiger partial charge is 0.338 e. The second-order valence-corrected chi connectivity index (χ2v) is 6.82. The van der Waals surface area contributed by atoms with Gasteiger partial charge in [-0.25, -0.2) is 4.39 Å². The zero-order valence-corrected chi connectivity index (χ0v) is 13.0. The molecule has 0 bridgehead atoms. The summed E-state index contributed by atoms with van der Waals surface area (Å²) < 4.78 is 13.7. The number of hydrogen-bond donors (Lipinski definition) is 0. The molecule has 0 aromatic heterocycles.